The Bertz CT molecular complexity index is 1160. The van der Waals surface area contributed by atoms with Gasteiger partial charge in [-0.2, -0.15) is 5.10 Å². The lowest BCUT2D eigenvalue weighted by Crippen LogP contribution is -2.49. The minimum absolute atomic E-state index is 0.0642. The first-order valence-electron chi connectivity index (χ1n) is 11.2. The zero-order valence-corrected chi connectivity index (χ0v) is 19.9. The summed E-state index contributed by atoms with van der Waals surface area (Å²) in [6, 6.07) is 4.49. The fourth-order valence-electron chi connectivity index (χ4n) is 4.36. The van der Waals surface area contributed by atoms with E-state index in [1.165, 1.54) is 31.5 Å². The van der Waals surface area contributed by atoms with E-state index in [-0.39, 0.29) is 10.8 Å². The zero-order valence-electron chi connectivity index (χ0n) is 18.3. The third-order valence-corrected chi connectivity index (χ3v) is 7.04. The van der Waals surface area contributed by atoms with Crippen LogP contribution in [-0.2, 0) is 6.54 Å². The van der Waals surface area contributed by atoms with Crippen molar-refractivity contribution in [3.63, 3.8) is 0 Å². The summed E-state index contributed by atoms with van der Waals surface area (Å²) >= 11 is 12.4. The van der Waals surface area contributed by atoms with Crippen LogP contribution in [0.1, 0.15) is 31.4 Å². The number of anilines is 1. The Morgan fingerprint density at radius 1 is 1.15 bits per heavy atom. The van der Waals surface area contributed by atoms with E-state index in [9.17, 15) is 4.39 Å². The van der Waals surface area contributed by atoms with Crippen molar-refractivity contribution in [1.29, 1.82) is 0 Å². The molecule has 1 aliphatic heterocycles. The van der Waals surface area contributed by atoms with Gasteiger partial charge in [-0.3, -0.25) is 4.68 Å². The van der Waals surface area contributed by atoms with Gasteiger partial charge in [-0.15, -0.1) is 0 Å². The van der Waals surface area contributed by atoms with Gasteiger partial charge >= 0.3 is 0 Å². The quantitative estimate of drug-likeness (QED) is 0.425. The maximum absolute atomic E-state index is 13.9. The molecule has 1 aromatic carbocycles. The highest BCUT2D eigenvalue weighted by molar-refractivity contribution is 6.36. The molecule has 2 aromatic heterocycles. The SMILES string of the molecule is CC(Oc1cc(-c2cnn(CC3CN(CC4CC4)C3)c2)cnc1N)c1c(Cl)ccc(F)c1Cl. The van der Waals surface area contributed by atoms with Crippen LogP contribution in [0.5, 0.6) is 5.75 Å². The van der Waals surface area contributed by atoms with Crippen molar-refractivity contribution in [2.24, 2.45) is 11.8 Å². The molecule has 33 heavy (non-hydrogen) atoms. The second kappa shape index (κ2) is 9.12. The molecule has 0 bridgehead atoms. The van der Waals surface area contributed by atoms with Crippen LogP contribution < -0.4 is 10.5 Å². The van der Waals surface area contributed by atoms with Crippen molar-refractivity contribution < 1.29 is 9.13 Å². The molecule has 0 amide bonds. The van der Waals surface area contributed by atoms with Gasteiger partial charge in [0.1, 0.15) is 11.9 Å². The molecular formula is C24H26Cl2FN5O. The number of nitrogens with zero attached hydrogens (tertiary/aromatic N) is 4. The van der Waals surface area contributed by atoms with Crippen LogP contribution in [0, 0.1) is 17.7 Å². The first kappa shape index (κ1) is 22.4. The van der Waals surface area contributed by atoms with E-state index < -0.39 is 11.9 Å². The van der Waals surface area contributed by atoms with Crippen LogP contribution in [0.4, 0.5) is 10.2 Å². The van der Waals surface area contributed by atoms with Gasteiger partial charge in [0.15, 0.2) is 11.6 Å². The molecule has 1 aliphatic carbocycles. The Morgan fingerprint density at radius 2 is 1.94 bits per heavy atom. The Labute approximate surface area is 202 Å². The topological polar surface area (TPSA) is 69.2 Å². The molecule has 0 spiro atoms. The summed E-state index contributed by atoms with van der Waals surface area (Å²) in [5.41, 5.74) is 8.17. The number of hydrogen-bond acceptors (Lipinski definition) is 5. The number of nitrogens with two attached hydrogens (primary N) is 1. The van der Waals surface area contributed by atoms with Crippen LogP contribution in [-0.4, -0.2) is 39.3 Å². The normalized spacial score (nSPS) is 17.7. The highest BCUT2D eigenvalue weighted by atomic mass is 35.5. The van der Waals surface area contributed by atoms with Gasteiger partial charge in [0.05, 0.1) is 11.2 Å². The largest absolute Gasteiger partial charge is 0.482 e. The van der Waals surface area contributed by atoms with E-state index in [1.54, 1.807) is 13.1 Å². The molecule has 9 heteroatoms. The summed E-state index contributed by atoms with van der Waals surface area (Å²) in [6.07, 6.45) is 7.70. The van der Waals surface area contributed by atoms with Crippen LogP contribution in [0.2, 0.25) is 10.0 Å². The number of rotatable bonds is 8. The molecule has 174 valence electrons. The molecule has 2 aliphatic rings. The summed E-state index contributed by atoms with van der Waals surface area (Å²) in [7, 11) is 0. The number of pyridine rings is 1. The maximum atomic E-state index is 13.9. The molecule has 1 unspecified atom stereocenters. The van der Waals surface area contributed by atoms with Gasteiger partial charge in [0.2, 0.25) is 0 Å². The second-order valence-electron chi connectivity index (χ2n) is 9.10. The summed E-state index contributed by atoms with van der Waals surface area (Å²) in [6.45, 7) is 6.19. The van der Waals surface area contributed by atoms with Crippen LogP contribution in [0.25, 0.3) is 11.1 Å². The zero-order chi connectivity index (χ0) is 23.1. The number of aromatic nitrogens is 3. The third kappa shape index (κ3) is 4.95. The second-order valence-corrected chi connectivity index (χ2v) is 9.89. The van der Waals surface area contributed by atoms with Crippen molar-refractivity contribution in [3.8, 4) is 16.9 Å². The predicted octanol–water partition coefficient (Wildman–Crippen LogP) is 5.46. The first-order chi connectivity index (χ1) is 15.9. The molecule has 1 saturated carbocycles. The standard InChI is InChI=1S/C24H26Cl2FN5O/c1-14(22-19(25)4-5-20(27)23(22)26)33-21-6-17(7-29-24(21)28)18-8-30-32(13-18)12-16-10-31(11-16)9-15-2-3-15/h4-8,13-16H,2-3,9-12H2,1H3,(H2,28,29). The summed E-state index contributed by atoms with van der Waals surface area (Å²) < 4.78 is 21.9. The van der Waals surface area contributed by atoms with E-state index in [0.29, 0.717) is 22.3 Å². The summed E-state index contributed by atoms with van der Waals surface area (Å²) in [4.78, 5) is 6.81. The van der Waals surface area contributed by atoms with E-state index >= 15 is 0 Å². The number of benzene rings is 1. The number of hydrogen-bond donors (Lipinski definition) is 1. The molecule has 2 fully saturated rings. The summed E-state index contributed by atoms with van der Waals surface area (Å²) in [5.74, 6) is 1.63. The molecule has 5 rings (SSSR count). The highest BCUT2D eigenvalue weighted by Gasteiger charge is 2.32. The monoisotopic (exact) mass is 489 g/mol. The Kier molecular flexibility index (Phi) is 6.20. The number of nitrogen functional groups attached to an aromatic ring is 1. The minimum atomic E-state index is -0.625. The predicted molar refractivity (Wildman–Crippen MR) is 128 cm³/mol. The minimum Gasteiger partial charge on any atom is -0.482 e. The lowest BCUT2D eigenvalue weighted by atomic mass is 10.00. The van der Waals surface area contributed by atoms with E-state index in [2.05, 4.69) is 15.0 Å². The molecule has 1 saturated heterocycles. The van der Waals surface area contributed by atoms with Crippen molar-refractivity contribution in [1.82, 2.24) is 19.7 Å². The molecular weight excluding hydrogens is 464 g/mol. The Morgan fingerprint density at radius 3 is 2.70 bits per heavy atom. The average molecular weight is 490 g/mol. The van der Waals surface area contributed by atoms with Gasteiger partial charge in [0.25, 0.3) is 0 Å². The molecule has 6 nitrogen and oxygen atoms in total. The smallest absolute Gasteiger partial charge is 0.166 e. The Hall–Kier alpha value is -2.35. The average Bonchev–Trinajstić information content (AvgIpc) is 3.46. The molecule has 1 atom stereocenters. The molecule has 2 N–H and O–H groups in total. The molecule has 3 heterocycles. The van der Waals surface area contributed by atoms with Gasteiger partial charge < -0.3 is 15.4 Å². The third-order valence-electron chi connectivity index (χ3n) is 6.33. The van der Waals surface area contributed by atoms with Crippen molar-refractivity contribution in [2.75, 3.05) is 25.4 Å². The van der Waals surface area contributed by atoms with E-state index in [1.807, 2.05) is 23.1 Å². The van der Waals surface area contributed by atoms with Gasteiger partial charge in [-0.05, 0) is 43.9 Å². The first-order valence-corrected chi connectivity index (χ1v) is 11.9. The van der Waals surface area contributed by atoms with Gasteiger partial charge in [-0.1, -0.05) is 23.2 Å². The lowest BCUT2D eigenvalue weighted by molar-refractivity contribution is 0.0805. The number of halogens is 3. The lowest BCUT2D eigenvalue weighted by Gasteiger charge is -2.39. The van der Waals surface area contributed by atoms with E-state index in [4.69, 9.17) is 33.7 Å². The number of ether oxygens (including phenoxy) is 1. The fraction of sp³-hybridized carbons (Fsp3) is 0.417. The van der Waals surface area contributed by atoms with Crippen LogP contribution in [0.3, 0.4) is 0 Å². The molecule has 0 radical (unpaired) electrons. The van der Waals surface area contributed by atoms with Gasteiger partial charge in [-0.25, -0.2) is 9.37 Å². The molecule has 3 aromatic rings. The van der Waals surface area contributed by atoms with Crippen molar-refractivity contribution >= 4 is 29.0 Å². The fourth-order valence-corrected chi connectivity index (χ4v) is 5.03. The van der Waals surface area contributed by atoms with Crippen LogP contribution >= 0.6 is 23.2 Å². The van der Waals surface area contributed by atoms with E-state index in [0.717, 1.165) is 36.7 Å². The van der Waals surface area contributed by atoms with Crippen molar-refractivity contribution in [2.45, 2.75) is 32.4 Å². The van der Waals surface area contributed by atoms with Gasteiger partial charge in [0, 0.05) is 66.2 Å². The maximum Gasteiger partial charge on any atom is 0.166 e. The summed E-state index contributed by atoms with van der Waals surface area (Å²) in [5, 5.41) is 4.79. The Balaban J connectivity index is 1.27. The highest BCUT2D eigenvalue weighted by Crippen LogP contribution is 2.37. The van der Waals surface area contributed by atoms with Crippen LogP contribution in [0.15, 0.2) is 36.8 Å². The number of likely N-dealkylation sites (tertiary alicyclic amines) is 1. The van der Waals surface area contributed by atoms with Crippen molar-refractivity contribution in [3.05, 3.63) is 58.2 Å².